The first-order valence-corrected chi connectivity index (χ1v) is 10.4. The number of hydrogen-bond donors (Lipinski definition) is 0. The van der Waals surface area contributed by atoms with Gasteiger partial charge in [0.05, 0.1) is 4.88 Å². The summed E-state index contributed by atoms with van der Waals surface area (Å²) < 4.78 is 21.7. The van der Waals surface area contributed by atoms with E-state index in [4.69, 9.17) is 18.4 Å². The van der Waals surface area contributed by atoms with Gasteiger partial charge in [0.1, 0.15) is 0 Å². The van der Waals surface area contributed by atoms with Crippen LogP contribution in [0.1, 0.15) is 12.3 Å². The highest BCUT2D eigenvalue weighted by Gasteiger charge is 2.17. The standard InChI is InChI=1S/C18H14N4O4S2/c1-3-14(27-7-1)16-19-15(26-22-16)4-2-8-28-18-21-20-17(25-18)11-5-6-12-13(9-11)24-10-23-12/h1,3,5-7,9H,2,4,8,10H2. The Morgan fingerprint density at radius 3 is 3.00 bits per heavy atom. The Hall–Kier alpha value is -2.85. The summed E-state index contributed by atoms with van der Waals surface area (Å²) in [6, 6.07) is 9.49. The van der Waals surface area contributed by atoms with E-state index in [0.29, 0.717) is 35.0 Å². The number of nitrogens with zero attached hydrogens (tertiary/aromatic N) is 4. The van der Waals surface area contributed by atoms with Crippen molar-refractivity contribution in [3.63, 3.8) is 0 Å². The largest absolute Gasteiger partial charge is 0.454 e. The molecule has 1 aliphatic rings. The summed E-state index contributed by atoms with van der Waals surface area (Å²) in [5, 5.41) is 14.7. The van der Waals surface area contributed by atoms with Crippen molar-refractivity contribution >= 4 is 23.1 Å². The lowest BCUT2D eigenvalue weighted by Crippen LogP contribution is -1.92. The highest BCUT2D eigenvalue weighted by molar-refractivity contribution is 7.99. The van der Waals surface area contributed by atoms with Crippen LogP contribution in [0.2, 0.25) is 0 Å². The van der Waals surface area contributed by atoms with Crippen LogP contribution in [0.15, 0.2) is 49.9 Å². The van der Waals surface area contributed by atoms with Crippen LogP contribution >= 0.6 is 23.1 Å². The summed E-state index contributed by atoms with van der Waals surface area (Å²) >= 11 is 3.09. The molecule has 0 fully saturated rings. The molecular weight excluding hydrogens is 400 g/mol. The molecular formula is C18H14N4O4S2. The third-order valence-corrected chi connectivity index (χ3v) is 5.77. The first-order valence-electron chi connectivity index (χ1n) is 8.58. The maximum absolute atomic E-state index is 5.73. The Morgan fingerprint density at radius 2 is 2.07 bits per heavy atom. The lowest BCUT2D eigenvalue weighted by Gasteiger charge is -1.98. The van der Waals surface area contributed by atoms with Gasteiger partial charge in [-0.2, -0.15) is 4.98 Å². The van der Waals surface area contributed by atoms with Crippen molar-refractivity contribution in [1.82, 2.24) is 20.3 Å². The molecule has 28 heavy (non-hydrogen) atoms. The van der Waals surface area contributed by atoms with Gasteiger partial charge < -0.3 is 18.4 Å². The second-order valence-electron chi connectivity index (χ2n) is 5.88. The first kappa shape index (κ1) is 17.3. The van der Waals surface area contributed by atoms with Gasteiger partial charge in [0.15, 0.2) is 11.5 Å². The third-order valence-electron chi connectivity index (χ3n) is 4.00. The van der Waals surface area contributed by atoms with Crippen molar-refractivity contribution in [2.75, 3.05) is 12.5 Å². The molecule has 0 spiro atoms. The zero-order valence-electron chi connectivity index (χ0n) is 14.5. The van der Waals surface area contributed by atoms with Gasteiger partial charge in [-0.05, 0) is 36.1 Å². The second kappa shape index (κ2) is 7.64. The van der Waals surface area contributed by atoms with Crippen LogP contribution in [0.5, 0.6) is 11.5 Å². The van der Waals surface area contributed by atoms with Gasteiger partial charge in [-0.15, -0.1) is 21.5 Å². The Bertz CT molecular complexity index is 1080. The predicted octanol–water partition coefficient (Wildman–Crippen LogP) is 4.30. The maximum Gasteiger partial charge on any atom is 0.276 e. The number of rotatable bonds is 7. The minimum absolute atomic E-state index is 0.235. The van der Waals surface area contributed by atoms with E-state index >= 15 is 0 Å². The normalized spacial score (nSPS) is 12.6. The molecule has 0 N–H and O–H groups in total. The number of benzene rings is 1. The smallest absolute Gasteiger partial charge is 0.276 e. The lowest BCUT2D eigenvalue weighted by atomic mass is 10.2. The minimum Gasteiger partial charge on any atom is -0.454 e. The van der Waals surface area contributed by atoms with Gasteiger partial charge in [-0.25, -0.2) is 0 Å². The van der Waals surface area contributed by atoms with Gasteiger partial charge in [0, 0.05) is 17.7 Å². The number of aromatic nitrogens is 4. The summed E-state index contributed by atoms with van der Waals surface area (Å²) in [4.78, 5) is 5.43. The van der Waals surface area contributed by atoms with E-state index in [9.17, 15) is 0 Å². The third kappa shape index (κ3) is 3.60. The molecule has 5 rings (SSSR count). The molecule has 0 saturated carbocycles. The monoisotopic (exact) mass is 414 g/mol. The molecule has 3 aromatic heterocycles. The average Bonchev–Trinajstić information content (AvgIpc) is 3.51. The van der Waals surface area contributed by atoms with Crippen LogP contribution in [0.3, 0.4) is 0 Å². The number of hydrogen-bond acceptors (Lipinski definition) is 10. The summed E-state index contributed by atoms with van der Waals surface area (Å²) in [5.74, 6) is 3.95. The summed E-state index contributed by atoms with van der Waals surface area (Å²) in [7, 11) is 0. The summed E-state index contributed by atoms with van der Waals surface area (Å²) in [6.07, 6.45) is 1.56. The van der Waals surface area contributed by atoms with Crippen molar-refractivity contribution in [3.8, 4) is 33.7 Å². The van der Waals surface area contributed by atoms with Crippen LogP contribution < -0.4 is 9.47 Å². The van der Waals surface area contributed by atoms with E-state index in [0.717, 1.165) is 28.4 Å². The van der Waals surface area contributed by atoms with Crippen molar-refractivity contribution in [2.24, 2.45) is 0 Å². The Kier molecular flexibility index (Phi) is 4.71. The molecule has 0 radical (unpaired) electrons. The van der Waals surface area contributed by atoms with Crippen molar-refractivity contribution in [2.45, 2.75) is 18.1 Å². The molecule has 0 unspecified atom stereocenters. The molecule has 4 aromatic rings. The van der Waals surface area contributed by atoms with Gasteiger partial charge in [-0.3, -0.25) is 0 Å². The number of fused-ring (bicyclic) bond motifs is 1. The fourth-order valence-electron chi connectivity index (χ4n) is 2.66. The van der Waals surface area contributed by atoms with E-state index in [1.165, 1.54) is 11.8 Å². The molecule has 4 heterocycles. The number of thiophene rings is 1. The van der Waals surface area contributed by atoms with E-state index in [-0.39, 0.29) is 6.79 Å². The molecule has 1 aliphatic heterocycles. The van der Waals surface area contributed by atoms with Crippen LogP contribution in [0.25, 0.3) is 22.2 Å². The SMILES string of the molecule is c1csc(-c2noc(CCCSc3nnc(-c4ccc5c(c4)OCO5)o3)n2)c1. The fraction of sp³-hybridized carbons (Fsp3) is 0.222. The van der Waals surface area contributed by atoms with E-state index in [1.807, 2.05) is 35.7 Å². The van der Waals surface area contributed by atoms with Crippen LogP contribution in [0.4, 0.5) is 0 Å². The summed E-state index contributed by atoms with van der Waals surface area (Å²) in [6.45, 7) is 0.235. The van der Waals surface area contributed by atoms with Crippen molar-refractivity contribution in [1.29, 1.82) is 0 Å². The molecule has 0 bridgehead atoms. The maximum atomic E-state index is 5.73. The second-order valence-corrected chi connectivity index (χ2v) is 7.88. The van der Waals surface area contributed by atoms with Gasteiger partial charge >= 0.3 is 0 Å². The van der Waals surface area contributed by atoms with E-state index in [2.05, 4.69) is 20.3 Å². The van der Waals surface area contributed by atoms with Crippen LogP contribution in [0, 0.1) is 0 Å². The zero-order valence-corrected chi connectivity index (χ0v) is 16.2. The predicted molar refractivity (Wildman–Crippen MR) is 103 cm³/mol. The Morgan fingerprint density at radius 1 is 1.11 bits per heavy atom. The number of aryl methyl sites for hydroxylation is 1. The highest BCUT2D eigenvalue weighted by Crippen LogP contribution is 2.36. The Balaban J connectivity index is 1.14. The zero-order chi connectivity index (χ0) is 18.8. The molecule has 10 heteroatoms. The molecule has 0 saturated heterocycles. The number of thioether (sulfide) groups is 1. The molecule has 0 amide bonds. The molecule has 142 valence electrons. The molecule has 0 atom stereocenters. The van der Waals surface area contributed by atoms with Gasteiger partial charge in [-0.1, -0.05) is 23.0 Å². The molecule has 1 aromatic carbocycles. The van der Waals surface area contributed by atoms with Crippen LogP contribution in [-0.4, -0.2) is 32.9 Å². The molecule has 0 aliphatic carbocycles. The van der Waals surface area contributed by atoms with Crippen molar-refractivity contribution < 1.29 is 18.4 Å². The lowest BCUT2D eigenvalue weighted by molar-refractivity contribution is 0.174. The topological polar surface area (TPSA) is 96.3 Å². The molecule has 8 nitrogen and oxygen atoms in total. The number of ether oxygens (including phenoxy) is 2. The highest BCUT2D eigenvalue weighted by atomic mass is 32.2. The quantitative estimate of drug-likeness (QED) is 0.324. The summed E-state index contributed by atoms with van der Waals surface area (Å²) in [5.41, 5.74) is 0.801. The Labute approximate surface area is 167 Å². The minimum atomic E-state index is 0.235. The first-order chi connectivity index (χ1) is 13.8. The fourth-order valence-corrected chi connectivity index (χ4v) is 4.01. The van der Waals surface area contributed by atoms with Crippen LogP contribution in [-0.2, 0) is 6.42 Å². The van der Waals surface area contributed by atoms with E-state index < -0.39 is 0 Å². The van der Waals surface area contributed by atoms with Gasteiger partial charge in [0.25, 0.3) is 5.22 Å². The van der Waals surface area contributed by atoms with Crippen molar-refractivity contribution in [3.05, 3.63) is 41.6 Å². The van der Waals surface area contributed by atoms with E-state index in [1.54, 1.807) is 11.3 Å². The average molecular weight is 414 g/mol. The van der Waals surface area contributed by atoms with Gasteiger partial charge in [0.2, 0.25) is 24.4 Å².